The predicted octanol–water partition coefficient (Wildman–Crippen LogP) is 5.20. The maximum atomic E-state index is 2.45. The number of aryl methyl sites for hydroxylation is 2. The van der Waals surface area contributed by atoms with E-state index < -0.39 is 0 Å². The minimum atomic E-state index is 0.583. The van der Waals surface area contributed by atoms with Crippen molar-refractivity contribution in [1.82, 2.24) is 0 Å². The second-order valence-electron chi connectivity index (χ2n) is 5.95. The van der Waals surface area contributed by atoms with Crippen LogP contribution in [-0.2, 0) is 12.8 Å². The molecule has 1 aliphatic rings. The van der Waals surface area contributed by atoms with E-state index in [1.54, 1.807) is 0 Å². The second-order valence-corrected chi connectivity index (χ2v) is 5.95. The average Bonchev–Trinajstić information content (AvgIpc) is 2.47. The summed E-state index contributed by atoms with van der Waals surface area (Å²) in [4.78, 5) is 0. The molecule has 0 aromatic heterocycles. The molecule has 2 aromatic rings. The highest BCUT2D eigenvalue weighted by molar-refractivity contribution is 5.72. The van der Waals surface area contributed by atoms with Gasteiger partial charge in [0.1, 0.15) is 0 Å². The van der Waals surface area contributed by atoms with E-state index in [1.165, 1.54) is 40.7 Å². The van der Waals surface area contributed by atoms with E-state index in [2.05, 4.69) is 68.5 Å². The summed E-state index contributed by atoms with van der Waals surface area (Å²) in [5.74, 6) is 0.583. The van der Waals surface area contributed by atoms with E-state index in [0.29, 0.717) is 5.92 Å². The van der Waals surface area contributed by atoms with Gasteiger partial charge in [0.25, 0.3) is 0 Å². The van der Waals surface area contributed by atoms with Crippen LogP contribution in [0.1, 0.15) is 35.6 Å². The number of fused-ring (bicyclic) bond motifs is 1. The highest BCUT2D eigenvalue weighted by atomic mass is 14.2. The fourth-order valence-corrected chi connectivity index (χ4v) is 3.25. The first-order valence-electron chi connectivity index (χ1n) is 7.58. The maximum absolute atomic E-state index is 2.45. The van der Waals surface area contributed by atoms with Gasteiger partial charge in [0.2, 0.25) is 0 Å². The van der Waals surface area contributed by atoms with Crippen molar-refractivity contribution in [3.8, 4) is 0 Å². The molecule has 102 valence electrons. The molecule has 0 spiro atoms. The van der Waals surface area contributed by atoms with Crippen molar-refractivity contribution in [3.05, 3.63) is 76.9 Å². The van der Waals surface area contributed by atoms with Crippen LogP contribution in [0.5, 0.6) is 0 Å². The van der Waals surface area contributed by atoms with E-state index in [4.69, 9.17) is 0 Å². The Morgan fingerprint density at radius 2 is 1.85 bits per heavy atom. The Bertz CT molecular complexity index is 620. The number of allylic oxidation sites excluding steroid dienone is 2. The molecular formula is C20H22. The van der Waals surface area contributed by atoms with Crippen molar-refractivity contribution in [3.63, 3.8) is 0 Å². The summed E-state index contributed by atoms with van der Waals surface area (Å²) in [5.41, 5.74) is 7.35. The molecule has 0 radical (unpaired) electrons. The fourth-order valence-electron chi connectivity index (χ4n) is 3.25. The number of benzene rings is 2. The Morgan fingerprint density at radius 3 is 2.65 bits per heavy atom. The first kappa shape index (κ1) is 13.2. The molecule has 0 saturated carbocycles. The van der Waals surface area contributed by atoms with E-state index in [-0.39, 0.29) is 0 Å². The lowest BCUT2D eigenvalue weighted by molar-refractivity contribution is 0.733. The summed E-state index contributed by atoms with van der Waals surface area (Å²) in [7, 11) is 0. The van der Waals surface area contributed by atoms with Crippen LogP contribution in [0.3, 0.4) is 0 Å². The summed E-state index contributed by atoms with van der Waals surface area (Å²) < 4.78 is 0. The third-order valence-corrected chi connectivity index (χ3v) is 4.27. The number of hydrogen-bond acceptors (Lipinski definition) is 0. The Labute approximate surface area is 122 Å². The monoisotopic (exact) mass is 262 g/mol. The van der Waals surface area contributed by atoms with Gasteiger partial charge in [-0.15, -0.1) is 0 Å². The molecule has 0 heterocycles. The zero-order valence-electron chi connectivity index (χ0n) is 12.4. The molecule has 0 heteroatoms. The smallest absolute Gasteiger partial charge is 0.0147 e. The van der Waals surface area contributed by atoms with Crippen LogP contribution >= 0.6 is 0 Å². The van der Waals surface area contributed by atoms with Crippen LogP contribution in [0.15, 0.2) is 54.6 Å². The third-order valence-electron chi connectivity index (χ3n) is 4.27. The lowest BCUT2D eigenvalue weighted by Gasteiger charge is -2.23. The topological polar surface area (TPSA) is 0 Å². The third kappa shape index (κ3) is 2.70. The zero-order chi connectivity index (χ0) is 13.9. The van der Waals surface area contributed by atoms with Crippen molar-refractivity contribution in [2.45, 2.75) is 33.1 Å². The summed E-state index contributed by atoms with van der Waals surface area (Å²) in [6.45, 7) is 4.54. The van der Waals surface area contributed by atoms with Gasteiger partial charge >= 0.3 is 0 Å². The number of rotatable bonds is 3. The standard InChI is InChI=1S/C20H22/c1-15-11-12-20-18(13-15)9-6-10-19(20)16(2)14-17-7-4-3-5-8-17/h3-5,7-8,10-13,16H,6,9,14H2,1-2H3. The van der Waals surface area contributed by atoms with Crippen molar-refractivity contribution in [2.24, 2.45) is 5.92 Å². The lowest BCUT2D eigenvalue weighted by Crippen LogP contribution is -2.09. The average molecular weight is 262 g/mol. The van der Waals surface area contributed by atoms with Crippen molar-refractivity contribution >= 4 is 5.57 Å². The minimum absolute atomic E-state index is 0.583. The van der Waals surface area contributed by atoms with Gasteiger partial charge in [0, 0.05) is 0 Å². The molecule has 0 nitrogen and oxygen atoms in total. The Balaban J connectivity index is 1.86. The van der Waals surface area contributed by atoms with Gasteiger partial charge in [-0.1, -0.05) is 67.1 Å². The van der Waals surface area contributed by atoms with Gasteiger partial charge in [-0.2, -0.15) is 0 Å². The first-order chi connectivity index (χ1) is 9.74. The first-order valence-corrected chi connectivity index (χ1v) is 7.58. The second kappa shape index (κ2) is 5.66. The maximum Gasteiger partial charge on any atom is -0.0147 e. The van der Waals surface area contributed by atoms with Crippen molar-refractivity contribution in [1.29, 1.82) is 0 Å². The molecule has 0 saturated heterocycles. The van der Waals surface area contributed by atoms with E-state index in [9.17, 15) is 0 Å². The van der Waals surface area contributed by atoms with Crippen LogP contribution in [0.4, 0.5) is 0 Å². The summed E-state index contributed by atoms with van der Waals surface area (Å²) in [6, 6.07) is 17.7. The highest BCUT2D eigenvalue weighted by Gasteiger charge is 2.17. The molecule has 0 aliphatic heterocycles. The van der Waals surface area contributed by atoms with E-state index >= 15 is 0 Å². The zero-order valence-corrected chi connectivity index (χ0v) is 12.4. The summed E-state index contributed by atoms with van der Waals surface area (Å²) >= 11 is 0. The molecule has 0 N–H and O–H groups in total. The summed E-state index contributed by atoms with van der Waals surface area (Å²) in [5, 5.41) is 0. The molecule has 1 atom stereocenters. The van der Waals surface area contributed by atoms with Gasteiger partial charge in [-0.25, -0.2) is 0 Å². The predicted molar refractivity (Wildman–Crippen MR) is 86.8 cm³/mol. The van der Waals surface area contributed by atoms with Gasteiger partial charge in [0.05, 0.1) is 0 Å². The van der Waals surface area contributed by atoms with Crippen LogP contribution in [-0.4, -0.2) is 0 Å². The van der Waals surface area contributed by atoms with Gasteiger partial charge in [0.15, 0.2) is 0 Å². The van der Waals surface area contributed by atoms with Crippen LogP contribution in [0, 0.1) is 12.8 Å². The SMILES string of the molecule is Cc1ccc2c(c1)CCC=C2C(C)Cc1ccccc1. The van der Waals surface area contributed by atoms with Crippen molar-refractivity contribution in [2.75, 3.05) is 0 Å². The molecule has 2 aromatic carbocycles. The van der Waals surface area contributed by atoms with Crippen LogP contribution in [0.2, 0.25) is 0 Å². The van der Waals surface area contributed by atoms with E-state index in [1.807, 2.05) is 0 Å². The van der Waals surface area contributed by atoms with E-state index in [0.717, 1.165) is 6.42 Å². The van der Waals surface area contributed by atoms with Crippen LogP contribution < -0.4 is 0 Å². The molecule has 1 aliphatic carbocycles. The normalized spacial score (nSPS) is 15.4. The Morgan fingerprint density at radius 1 is 1.05 bits per heavy atom. The van der Waals surface area contributed by atoms with Crippen molar-refractivity contribution < 1.29 is 0 Å². The molecule has 0 fully saturated rings. The Hall–Kier alpha value is -1.82. The molecule has 1 unspecified atom stereocenters. The molecule has 0 bridgehead atoms. The highest BCUT2D eigenvalue weighted by Crippen LogP contribution is 2.33. The molecular weight excluding hydrogens is 240 g/mol. The lowest BCUT2D eigenvalue weighted by atomic mass is 9.81. The Kier molecular flexibility index (Phi) is 3.73. The van der Waals surface area contributed by atoms with Gasteiger partial charge < -0.3 is 0 Å². The molecule has 3 rings (SSSR count). The molecule has 0 amide bonds. The van der Waals surface area contributed by atoms with Gasteiger partial charge in [-0.3, -0.25) is 0 Å². The largest absolute Gasteiger partial charge is 0.0801 e. The summed E-state index contributed by atoms with van der Waals surface area (Å²) in [6.07, 6.45) is 5.95. The minimum Gasteiger partial charge on any atom is -0.0801 e. The molecule has 20 heavy (non-hydrogen) atoms. The van der Waals surface area contributed by atoms with Crippen LogP contribution in [0.25, 0.3) is 5.57 Å². The number of hydrogen-bond donors (Lipinski definition) is 0. The fraction of sp³-hybridized carbons (Fsp3) is 0.300. The van der Waals surface area contributed by atoms with Gasteiger partial charge in [-0.05, 0) is 54.4 Å². The quantitative estimate of drug-likeness (QED) is 0.713.